The first-order valence-corrected chi connectivity index (χ1v) is 11.8. The van der Waals surface area contributed by atoms with Gasteiger partial charge in [0.2, 0.25) is 15.9 Å². The molecule has 0 atom stereocenters. The molecule has 3 aliphatic rings. The molecule has 0 radical (unpaired) electrons. The van der Waals surface area contributed by atoms with Crippen molar-refractivity contribution < 1.29 is 17.6 Å². The Morgan fingerprint density at radius 1 is 0.933 bits per heavy atom. The molecule has 2 aliphatic heterocycles. The third-order valence-electron chi connectivity index (χ3n) is 6.21. The van der Waals surface area contributed by atoms with Crippen LogP contribution in [0.25, 0.3) is 0 Å². The number of hydrogen-bond donors (Lipinski definition) is 0. The van der Waals surface area contributed by atoms with E-state index in [2.05, 4.69) is 4.90 Å². The largest absolute Gasteiger partial charge is 0.369 e. The summed E-state index contributed by atoms with van der Waals surface area (Å²) in [5.74, 6) is 0.0343. The Labute approximate surface area is 175 Å². The van der Waals surface area contributed by atoms with Gasteiger partial charge in [0.05, 0.1) is 4.90 Å². The van der Waals surface area contributed by atoms with Crippen molar-refractivity contribution in [2.75, 3.05) is 42.5 Å². The van der Waals surface area contributed by atoms with Gasteiger partial charge < -0.3 is 9.80 Å². The number of benzene rings is 2. The number of hydrogen-bond acceptors (Lipinski definition) is 4. The third-order valence-corrected chi connectivity index (χ3v) is 8.10. The monoisotopic (exact) mass is 429 g/mol. The molecule has 0 spiro atoms. The van der Waals surface area contributed by atoms with Crippen LogP contribution in [0.4, 0.5) is 15.8 Å². The first-order valence-electron chi connectivity index (χ1n) is 10.4. The molecule has 0 unspecified atom stereocenters. The smallest absolute Gasteiger partial charge is 0.243 e. The van der Waals surface area contributed by atoms with Crippen LogP contribution in [-0.4, -0.2) is 51.4 Å². The molecular formula is C22H24FN3O3S. The van der Waals surface area contributed by atoms with Crippen LogP contribution in [0.3, 0.4) is 0 Å². The van der Waals surface area contributed by atoms with E-state index in [0.717, 1.165) is 29.8 Å². The summed E-state index contributed by atoms with van der Waals surface area (Å²) in [5.41, 5.74) is 2.67. The minimum Gasteiger partial charge on any atom is -0.369 e. The number of nitrogens with zero attached hydrogens (tertiary/aromatic N) is 3. The first kappa shape index (κ1) is 19.5. The third kappa shape index (κ3) is 3.48. The molecule has 1 saturated carbocycles. The van der Waals surface area contributed by atoms with Crippen LogP contribution in [0.1, 0.15) is 18.4 Å². The van der Waals surface area contributed by atoms with Gasteiger partial charge in [-0.1, -0.05) is 0 Å². The molecule has 30 heavy (non-hydrogen) atoms. The zero-order valence-electron chi connectivity index (χ0n) is 16.6. The lowest BCUT2D eigenvalue weighted by molar-refractivity contribution is -0.119. The molecule has 1 amide bonds. The van der Waals surface area contributed by atoms with Gasteiger partial charge in [0.25, 0.3) is 0 Å². The molecule has 2 aromatic rings. The summed E-state index contributed by atoms with van der Waals surface area (Å²) in [6.45, 7) is 2.50. The highest BCUT2D eigenvalue weighted by atomic mass is 32.2. The Kier molecular flexibility index (Phi) is 4.78. The topological polar surface area (TPSA) is 60.9 Å². The van der Waals surface area contributed by atoms with Gasteiger partial charge in [-0.2, -0.15) is 4.31 Å². The lowest BCUT2D eigenvalue weighted by Crippen LogP contribution is -2.48. The van der Waals surface area contributed by atoms with E-state index in [1.807, 2.05) is 4.90 Å². The van der Waals surface area contributed by atoms with E-state index >= 15 is 0 Å². The highest BCUT2D eigenvalue weighted by Crippen LogP contribution is 2.37. The number of rotatable bonds is 4. The van der Waals surface area contributed by atoms with Crippen LogP contribution in [0.5, 0.6) is 0 Å². The molecule has 1 aliphatic carbocycles. The van der Waals surface area contributed by atoms with Gasteiger partial charge in [0.1, 0.15) is 5.82 Å². The maximum Gasteiger partial charge on any atom is 0.243 e. The Hall–Kier alpha value is -2.45. The summed E-state index contributed by atoms with van der Waals surface area (Å²) in [6.07, 6.45) is 2.61. The highest BCUT2D eigenvalue weighted by molar-refractivity contribution is 7.89. The molecular weight excluding hydrogens is 405 g/mol. The second-order valence-corrected chi connectivity index (χ2v) is 10.1. The number of piperazine rings is 1. The van der Waals surface area contributed by atoms with Gasteiger partial charge in [-0.05, 0) is 67.3 Å². The van der Waals surface area contributed by atoms with Crippen LogP contribution in [0.2, 0.25) is 0 Å². The normalized spacial score (nSPS) is 19.8. The van der Waals surface area contributed by atoms with Gasteiger partial charge in [0.15, 0.2) is 0 Å². The zero-order chi connectivity index (χ0) is 20.9. The van der Waals surface area contributed by atoms with Crippen LogP contribution in [0, 0.1) is 11.7 Å². The molecule has 0 N–H and O–H groups in total. The first-order chi connectivity index (χ1) is 14.4. The molecule has 5 rings (SSSR count). The second-order valence-electron chi connectivity index (χ2n) is 8.17. The average Bonchev–Trinajstić information content (AvgIpc) is 3.53. The standard InChI is InChI=1S/C22H24FN3O3S/c23-18-3-5-19(6-4-18)24-11-13-25(14-12-24)30(28,29)20-7-8-21-17(15-20)9-10-26(21)22(27)16-1-2-16/h3-8,15-16H,1-2,9-14H2. The molecule has 1 saturated heterocycles. The SMILES string of the molecule is O=C(C1CC1)N1CCc2cc(S(=O)(=O)N3CCN(c4ccc(F)cc4)CC3)ccc21. The molecule has 0 bridgehead atoms. The van der Waals surface area contributed by atoms with Crippen LogP contribution in [0.15, 0.2) is 47.4 Å². The van der Waals surface area contributed by atoms with E-state index in [4.69, 9.17) is 0 Å². The highest BCUT2D eigenvalue weighted by Gasteiger charge is 2.37. The van der Waals surface area contributed by atoms with E-state index in [1.165, 1.54) is 16.4 Å². The fraction of sp³-hybridized carbons (Fsp3) is 0.409. The second kappa shape index (κ2) is 7.35. The molecule has 0 aromatic heterocycles. The van der Waals surface area contributed by atoms with Crippen molar-refractivity contribution in [3.05, 3.63) is 53.8 Å². The fourth-order valence-corrected chi connectivity index (χ4v) is 5.78. The Morgan fingerprint density at radius 3 is 2.30 bits per heavy atom. The maximum atomic E-state index is 13.2. The minimum atomic E-state index is -3.59. The summed E-state index contributed by atoms with van der Waals surface area (Å²) in [6, 6.07) is 11.4. The van der Waals surface area contributed by atoms with Crippen molar-refractivity contribution in [1.29, 1.82) is 0 Å². The van der Waals surface area contributed by atoms with E-state index in [1.54, 1.807) is 30.3 Å². The number of sulfonamides is 1. The van der Waals surface area contributed by atoms with Crippen LogP contribution in [-0.2, 0) is 21.2 Å². The summed E-state index contributed by atoms with van der Waals surface area (Å²) < 4.78 is 41.0. The van der Waals surface area contributed by atoms with Crippen LogP contribution < -0.4 is 9.80 Å². The lowest BCUT2D eigenvalue weighted by atomic mass is 10.2. The van der Waals surface area contributed by atoms with Crippen molar-refractivity contribution >= 4 is 27.3 Å². The lowest BCUT2D eigenvalue weighted by Gasteiger charge is -2.35. The van der Waals surface area contributed by atoms with E-state index in [-0.39, 0.29) is 22.5 Å². The van der Waals surface area contributed by atoms with Crippen LogP contribution >= 0.6 is 0 Å². The average molecular weight is 430 g/mol. The van der Waals surface area contributed by atoms with Gasteiger partial charge in [-0.25, -0.2) is 12.8 Å². The molecule has 2 aromatic carbocycles. The number of carbonyl (C=O) groups is 1. The van der Waals surface area contributed by atoms with Gasteiger partial charge in [-0.3, -0.25) is 4.79 Å². The van der Waals surface area contributed by atoms with Crippen molar-refractivity contribution in [2.24, 2.45) is 5.92 Å². The Morgan fingerprint density at radius 2 is 1.63 bits per heavy atom. The predicted molar refractivity (Wildman–Crippen MR) is 113 cm³/mol. The quantitative estimate of drug-likeness (QED) is 0.750. The van der Waals surface area contributed by atoms with Gasteiger partial charge in [0, 0.05) is 50.0 Å². The number of anilines is 2. The van der Waals surface area contributed by atoms with Gasteiger partial charge in [-0.15, -0.1) is 0 Å². The van der Waals surface area contributed by atoms with Crippen molar-refractivity contribution in [3.8, 4) is 0 Å². The van der Waals surface area contributed by atoms with Gasteiger partial charge >= 0.3 is 0 Å². The number of halogens is 1. The van der Waals surface area contributed by atoms with Crippen molar-refractivity contribution in [2.45, 2.75) is 24.2 Å². The fourth-order valence-electron chi connectivity index (χ4n) is 4.31. The number of fused-ring (bicyclic) bond motifs is 1. The molecule has 2 heterocycles. The van der Waals surface area contributed by atoms with Crippen molar-refractivity contribution in [1.82, 2.24) is 4.31 Å². The molecule has 2 fully saturated rings. The van der Waals surface area contributed by atoms with Crippen molar-refractivity contribution in [3.63, 3.8) is 0 Å². The molecule has 8 heteroatoms. The summed E-state index contributed by atoms with van der Waals surface area (Å²) in [5, 5.41) is 0. The summed E-state index contributed by atoms with van der Waals surface area (Å²) >= 11 is 0. The zero-order valence-corrected chi connectivity index (χ0v) is 17.4. The summed E-state index contributed by atoms with van der Waals surface area (Å²) in [7, 11) is -3.59. The maximum absolute atomic E-state index is 13.2. The Bertz CT molecular complexity index is 1080. The minimum absolute atomic E-state index is 0.150. The molecule has 158 valence electrons. The molecule has 6 nitrogen and oxygen atoms in total. The van der Waals surface area contributed by atoms with E-state index in [0.29, 0.717) is 39.1 Å². The Balaban J connectivity index is 1.30. The number of amides is 1. The number of carbonyl (C=O) groups excluding carboxylic acids is 1. The van der Waals surface area contributed by atoms with E-state index < -0.39 is 10.0 Å². The summed E-state index contributed by atoms with van der Waals surface area (Å²) in [4.78, 5) is 16.6. The van der Waals surface area contributed by atoms with E-state index in [9.17, 15) is 17.6 Å². The predicted octanol–water partition coefficient (Wildman–Crippen LogP) is 2.64.